The Kier molecular flexibility index (Phi) is 5.02. The van der Waals surface area contributed by atoms with Crippen LogP contribution in [0.4, 0.5) is 11.5 Å². The third kappa shape index (κ3) is 4.03. The fourth-order valence-electron chi connectivity index (χ4n) is 1.57. The van der Waals surface area contributed by atoms with Crippen molar-refractivity contribution in [1.82, 2.24) is 10.4 Å². The molecule has 20 heavy (non-hydrogen) atoms. The Morgan fingerprint density at radius 2 is 2.00 bits per heavy atom. The number of hydrogen-bond donors (Lipinski definition) is 3. The lowest BCUT2D eigenvalue weighted by Gasteiger charge is -2.06. The van der Waals surface area contributed by atoms with E-state index in [2.05, 4.69) is 26.1 Å². The van der Waals surface area contributed by atoms with Crippen molar-refractivity contribution in [3.05, 3.63) is 54.2 Å². The minimum Gasteiger partial charge on any atom is -0.373 e. The molecule has 1 heterocycles. The molecular formula is C14H15N5S. The summed E-state index contributed by atoms with van der Waals surface area (Å²) in [5.74, 6) is 0.764. The van der Waals surface area contributed by atoms with Crippen molar-refractivity contribution in [1.29, 1.82) is 0 Å². The maximum atomic E-state index is 5.15. The number of hydrazone groups is 1. The number of nitrogens with one attached hydrogen (secondary N) is 3. The molecule has 0 aliphatic heterocycles. The maximum absolute atomic E-state index is 5.15. The maximum Gasteiger partial charge on any atom is 0.191 e. The predicted molar refractivity (Wildman–Crippen MR) is 87.2 cm³/mol. The van der Waals surface area contributed by atoms with Crippen LogP contribution in [0, 0.1) is 0 Å². The van der Waals surface area contributed by atoms with Gasteiger partial charge in [0.25, 0.3) is 0 Å². The fourth-order valence-corrected chi connectivity index (χ4v) is 1.74. The van der Waals surface area contributed by atoms with Crippen LogP contribution in [0.2, 0.25) is 0 Å². The van der Waals surface area contributed by atoms with Gasteiger partial charge >= 0.3 is 0 Å². The first-order valence-corrected chi connectivity index (χ1v) is 6.48. The second-order valence-corrected chi connectivity index (χ2v) is 4.29. The lowest BCUT2D eigenvalue weighted by molar-refractivity contribution is 1.05. The summed E-state index contributed by atoms with van der Waals surface area (Å²) in [6.07, 6.45) is 3.38. The van der Waals surface area contributed by atoms with E-state index in [-0.39, 0.29) is 0 Å². The Labute approximate surface area is 123 Å². The van der Waals surface area contributed by atoms with E-state index in [4.69, 9.17) is 12.2 Å². The van der Waals surface area contributed by atoms with Gasteiger partial charge < -0.3 is 10.6 Å². The number of benzene rings is 1. The quantitative estimate of drug-likeness (QED) is 0.457. The first-order chi connectivity index (χ1) is 9.79. The minimum absolute atomic E-state index is 0.433. The van der Waals surface area contributed by atoms with Crippen molar-refractivity contribution >= 4 is 35.1 Å². The highest BCUT2D eigenvalue weighted by Crippen LogP contribution is 2.07. The standard InChI is InChI=1S/C14H15N5S/c1-15-13-11(6-5-9-16-13)10-17-19-14(20)18-12-7-3-2-4-8-12/h2-10H,1H3,(H,15,16)(H2,18,19,20)/b17-10+. The van der Waals surface area contributed by atoms with Gasteiger partial charge in [-0.15, -0.1) is 0 Å². The molecule has 1 aromatic carbocycles. The van der Waals surface area contributed by atoms with Crippen molar-refractivity contribution in [3.63, 3.8) is 0 Å². The van der Waals surface area contributed by atoms with Gasteiger partial charge in [0.15, 0.2) is 5.11 Å². The number of rotatable bonds is 4. The second kappa shape index (κ2) is 7.20. The molecule has 0 saturated heterocycles. The van der Waals surface area contributed by atoms with Gasteiger partial charge in [0.1, 0.15) is 5.82 Å². The third-order valence-corrected chi connectivity index (χ3v) is 2.67. The first kappa shape index (κ1) is 14.0. The molecule has 0 radical (unpaired) electrons. The van der Waals surface area contributed by atoms with E-state index in [1.165, 1.54) is 0 Å². The van der Waals surface area contributed by atoms with Gasteiger partial charge in [-0.2, -0.15) is 5.10 Å². The van der Waals surface area contributed by atoms with Crippen LogP contribution >= 0.6 is 12.2 Å². The molecular weight excluding hydrogens is 270 g/mol. The van der Waals surface area contributed by atoms with Gasteiger partial charge in [-0.1, -0.05) is 18.2 Å². The lowest BCUT2D eigenvalue weighted by Crippen LogP contribution is -2.23. The highest BCUT2D eigenvalue weighted by atomic mass is 32.1. The van der Waals surface area contributed by atoms with Crippen LogP contribution in [-0.2, 0) is 0 Å². The SMILES string of the molecule is CNc1ncccc1/C=N/NC(=S)Nc1ccccc1. The summed E-state index contributed by atoms with van der Waals surface area (Å²) in [5, 5.41) is 10.5. The zero-order chi connectivity index (χ0) is 14.2. The van der Waals surface area contributed by atoms with Crippen LogP contribution in [0.15, 0.2) is 53.8 Å². The summed E-state index contributed by atoms with van der Waals surface area (Å²) in [6.45, 7) is 0. The normalized spacial score (nSPS) is 10.2. The zero-order valence-electron chi connectivity index (χ0n) is 11.0. The molecule has 0 aliphatic carbocycles. The highest BCUT2D eigenvalue weighted by molar-refractivity contribution is 7.80. The summed E-state index contributed by atoms with van der Waals surface area (Å²) in [4.78, 5) is 4.18. The molecule has 1 aromatic heterocycles. The van der Waals surface area contributed by atoms with Gasteiger partial charge in [-0.25, -0.2) is 4.98 Å². The monoisotopic (exact) mass is 285 g/mol. The third-order valence-electron chi connectivity index (χ3n) is 2.48. The molecule has 0 bridgehead atoms. The van der Waals surface area contributed by atoms with Crippen LogP contribution in [-0.4, -0.2) is 23.4 Å². The van der Waals surface area contributed by atoms with E-state index in [1.807, 2.05) is 49.5 Å². The van der Waals surface area contributed by atoms with Gasteiger partial charge in [-0.3, -0.25) is 5.43 Å². The number of pyridine rings is 1. The molecule has 0 unspecified atom stereocenters. The minimum atomic E-state index is 0.433. The van der Waals surface area contributed by atoms with Crippen molar-refractivity contribution in [3.8, 4) is 0 Å². The van der Waals surface area contributed by atoms with E-state index in [1.54, 1.807) is 12.4 Å². The molecule has 0 fully saturated rings. The summed E-state index contributed by atoms with van der Waals surface area (Å²) in [7, 11) is 1.81. The molecule has 0 amide bonds. The molecule has 0 atom stereocenters. The highest BCUT2D eigenvalue weighted by Gasteiger charge is 1.98. The Morgan fingerprint density at radius 1 is 1.20 bits per heavy atom. The molecule has 6 heteroatoms. The largest absolute Gasteiger partial charge is 0.373 e. The summed E-state index contributed by atoms with van der Waals surface area (Å²) in [6, 6.07) is 13.4. The molecule has 2 aromatic rings. The first-order valence-electron chi connectivity index (χ1n) is 6.07. The van der Waals surface area contributed by atoms with Gasteiger partial charge in [0.05, 0.1) is 6.21 Å². The average Bonchev–Trinajstić information content (AvgIpc) is 2.49. The van der Waals surface area contributed by atoms with Gasteiger partial charge in [-0.05, 0) is 36.5 Å². The Morgan fingerprint density at radius 3 is 2.75 bits per heavy atom. The number of hydrogen-bond acceptors (Lipinski definition) is 4. The van der Waals surface area contributed by atoms with Crippen molar-refractivity contribution in [2.45, 2.75) is 0 Å². The number of nitrogens with zero attached hydrogens (tertiary/aromatic N) is 2. The van der Waals surface area contributed by atoms with Crippen molar-refractivity contribution in [2.75, 3.05) is 17.7 Å². The number of thiocarbonyl (C=S) groups is 1. The summed E-state index contributed by atoms with van der Waals surface area (Å²) >= 11 is 5.15. The molecule has 0 spiro atoms. The molecule has 102 valence electrons. The Hall–Kier alpha value is -2.47. The van der Waals surface area contributed by atoms with E-state index >= 15 is 0 Å². The smallest absolute Gasteiger partial charge is 0.191 e. The zero-order valence-corrected chi connectivity index (χ0v) is 11.8. The van der Waals surface area contributed by atoms with E-state index < -0.39 is 0 Å². The Bertz CT molecular complexity index is 598. The number of anilines is 2. The van der Waals surface area contributed by atoms with Crippen LogP contribution in [0.1, 0.15) is 5.56 Å². The molecule has 2 rings (SSSR count). The average molecular weight is 285 g/mol. The second-order valence-electron chi connectivity index (χ2n) is 3.88. The van der Waals surface area contributed by atoms with E-state index in [0.717, 1.165) is 17.1 Å². The molecule has 0 aliphatic rings. The topological polar surface area (TPSA) is 61.3 Å². The summed E-state index contributed by atoms with van der Waals surface area (Å²) in [5.41, 5.74) is 4.56. The number of aromatic nitrogens is 1. The lowest BCUT2D eigenvalue weighted by atomic mass is 10.3. The van der Waals surface area contributed by atoms with Crippen molar-refractivity contribution < 1.29 is 0 Å². The van der Waals surface area contributed by atoms with Gasteiger partial charge in [0, 0.05) is 24.5 Å². The van der Waals surface area contributed by atoms with Crippen molar-refractivity contribution in [2.24, 2.45) is 5.10 Å². The molecule has 0 saturated carbocycles. The van der Waals surface area contributed by atoms with E-state index in [9.17, 15) is 0 Å². The van der Waals surface area contributed by atoms with Crippen LogP contribution in [0.25, 0.3) is 0 Å². The Balaban J connectivity index is 1.91. The van der Waals surface area contributed by atoms with Gasteiger partial charge in [0.2, 0.25) is 0 Å². The predicted octanol–water partition coefficient (Wildman–Crippen LogP) is 2.44. The van der Waals surface area contributed by atoms with E-state index in [0.29, 0.717) is 5.11 Å². The summed E-state index contributed by atoms with van der Waals surface area (Å²) < 4.78 is 0. The van der Waals surface area contributed by atoms with Crippen LogP contribution in [0.3, 0.4) is 0 Å². The number of para-hydroxylation sites is 1. The van der Waals surface area contributed by atoms with Crippen LogP contribution in [0.5, 0.6) is 0 Å². The van der Waals surface area contributed by atoms with Crippen LogP contribution < -0.4 is 16.1 Å². The fraction of sp³-hybridized carbons (Fsp3) is 0.0714. The molecule has 5 nitrogen and oxygen atoms in total. The molecule has 3 N–H and O–H groups in total.